The van der Waals surface area contributed by atoms with E-state index in [-0.39, 0.29) is 17.2 Å². The summed E-state index contributed by atoms with van der Waals surface area (Å²) in [5.74, 6) is -0.311. The number of aromatic hydroxyl groups is 1. The third-order valence-electron chi connectivity index (χ3n) is 4.00. The molecule has 0 saturated carbocycles. The van der Waals surface area contributed by atoms with Crippen LogP contribution in [0.5, 0.6) is 5.75 Å². The van der Waals surface area contributed by atoms with Gasteiger partial charge in [-0.15, -0.1) is 0 Å². The van der Waals surface area contributed by atoms with Crippen molar-refractivity contribution in [2.24, 2.45) is 0 Å². The highest BCUT2D eigenvalue weighted by atomic mass is 16.3. The lowest BCUT2D eigenvalue weighted by Crippen LogP contribution is -2.29. The highest BCUT2D eigenvalue weighted by molar-refractivity contribution is 6.06. The molecule has 4 heteroatoms. The predicted molar refractivity (Wildman–Crippen MR) is 88.6 cm³/mol. The van der Waals surface area contributed by atoms with Crippen molar-refractivity contribution in [3.05, 3.63) is 54.1 Å². The van der Waals surface area contributed by atoms with Gasteiger partial charge in [0.15, 0.2) is 0 Å². The van der Waals surface area contributed by atoms with Gasteiger partial charge in [0.1, 0.15) is 5.75 Å². The molecule has 114 valence electrons. The molecule has 1 amide bonds. The van der Waals surface area contributed by atoms with Gasteiger partial charge in [-0.2, -0.15) is 0 Å². The third kappa shape index (κ3) is 3.22. The SMILES string of the molecule is O=C(Nc1ccc(N2CCCCC2)cc1)c1ccccc1O. The van der Waals surface area contributed by atoms with Crippen LogP contribution in [-0.4, -0.2) is 24.1 Å². The molecule has 0 spiro atoms. The third-order valence-corrected chi connectivity index (χ3v) is 4.00. The number of hydrogen-bond donors (Lipinski definition) is 2. The highest BCUT2D eigenvalue weighted by Gasteiger charge is 2.12. The summed E-state index contributed by atoms with van der Waals surface area (Å²) in [7, 11) is 0. The Balaban J connectivity index is 1.68. The van der Waals surface area contributed by atoms with Crippen LogP contribution in [0.1, 0.15) is 29.6 Å². The average molecular weight is 296 g/mol. The number of rotatable bonds is 3. The van der Waals surface area contributed by atoms with Crippen molar-refractivity contribution in [2.75, 3.05) is 23.3 Å². The van der Waals surface area contributed by atoms with Crippen molar-refractivity contribution >= 4 is 17.3 Å². The minimum Gasteiger partial charge on any atom is -0.507 e. The number of amides is 1. The molecule has 2 aromatic carbocycles. The fraction of sp³-hybridized carbons (Fsp3) is 0.278. The summed E-state index contributed by atoms with van der Waals surface area (Å²) in [6.07, 6.45) is 3.79. The van der Waals surface area contributed by atoms with Gasteiger partial charge in [-0.05, 0) is 55.7 Å². The second-order valence-electron chi connectivity index (χ2n) is 5.57. The maximum atomic E-state index is 12.1. The Labute approximate surface area is 130 Å². The normalized spacial score (nSPS) is 14.6. The molecule has 1 saturated heterocycles. The molecule has 1 aliphatic heterocycles. The quantitative estimate of drug-likeness (QED) is 0.909. The predicted octanol–water partition coefficient (Wildman–Crippen LogP) is 3.63. The van der Waals surface area contributed by atoms with Crippen LogP contribution in [0.15, 0.2) is 48.5 Å². The maximum absolute atomic E-state index is 12.1. The first-order chi connectivity index (χ1) is 10.7. The molecule has 2 aromatic rings. The second kappa shape index (κ2) is 6.52. The molecular formula is C18H20N2O2. The Hall–Kier alpha value is -2.49. The number of nitrogens with zero attached hydrogens (tertiary/aromatic N) is 1. The fourth-order valence-electron chi connectivity index (χ4n) is 2.77. The summed E-state index contributed by atoms with van der Waals surface area (Å²) in [5.41, 5.74) is 2.21. The number of phenolic OH excluding ortho intramolecular Hbond substituents is 1. The first-order valence-electron chi connectivity index (χ1n) is 7.68. The van der Waals surface area contributed by atoms with Crippen molar-refractivity contribution in [2.45, 2.75) is 19.3 Å². The molecule has 1 aliphatic rings. The van der Waals surface area contributed by atoms with E-state index in [1.54, 1.807) is 18.2 Å². The van der Waals surface area contributed by atoms with Crippen LogP contribution in [0.25, 0.3) is 0 Å². The van der Waals surface area contributed by atoms with Crippen LogP contribution >= 0.6 is 0 Å². The molecule has 0 atom stereocenters. The van der Waals surface area contributed by atoms with E-state index < -0.39 is 0 Å². The van der Waals surface area contributed by atoms with E-state index in [4.69, 9.17) is 0 Å². The van der Waals surface area contributed by atoms with Crippen molar-refractivity contribution in [3.8, 4) is 5.75 Å². The zero-order chi connectivity index (χ0) is 15.4. The molecular weight excluding hydrogens is 276 g/mol. The van der Waals surface area contributed by atoms with Gasteiger partial charge in [0.25, 0.3) is 5.91 Å². The van der Waals surface area contributed by atoms with Crippen molar-refractivity contribution in [3.63, 3.8) is 0 Å². The van der Waals surface area contributed by atoms with Crippen LogP contribution in [-0.2, 0) is 0 Å². The van der Waals surface area contributed by atoms with Crippen molar-refractivity contribution in [1.82, 2.24) is 0 Å². The van der Waals surface area contributed by atoms with Crippen molar-refractivity contribution < 1.29 is 9.90 Å². The molecule has 2 N–H and O–H groups in total. The van der Waals surface area contributed by atoms with Crippen LogP contribution in [0, 0.1) is 0 Å². The number of hydrogen-bond acceptors (Lipinski definition) is 3. The number of anilines is 2. The fourth-order valence-corrected chi connectivity index (χ4v) is 2.77. The number of benzene rings is 2. The maximum Gasteiger partial charge on any atom is 0.259 e. The lowest BCUT2D eigenvalue weighted by atomic mass is 10.1. The van der Waals surface area contributed by atoms with E-state index in [0.29, 0.717) is 0 Å². The second-order valence-corrected chi connectivity index (χ2v) is 5.57. The topological polar surface area (TPSA) is 52.6 Å². The van der Waals surface area contributed by atoms with Gasteiger partial charge in [-0.3, -0.25) is 4.79 Å². The zero-order valence-corrected chi connectivity index (χ0v) is 12.5. The summed E-state index contributed by atoms with van der Waals surface area (Å²) < 4.78 is 0. The summed E-state index contributed by atoms with van der Waals surface area (Å²) in [6, 6.07) is 14.4. The molecule has 1 fully saturated rings. The molecule has 1 heterocycles. The Morgan fingerprint density at radius 3 is 2.32 bits per heavy atom. The van der Waals surface area contributed by atoms with Crippen LogP contribution in [0.2, 0.25) is 0 Å². The Morgan fingerprint density at radius 2 is 1.64 bits per heavy atom. The Morgan fingerprint density at radius 1 is 0.955 bits per heavy atom. The van der Waals surface area contributed by atoms with Crippen LogP contribution in [0.3, 0.4) is 0 Å². The smallest absolute Gasteiger partial charge is 0.259 e. The largest absolute Gasteiger partial charge is 0.507 e. The molecule has 3 rings (SSSR count). The minimum atomic E-state index is -0.302. The molecule has 0 bridgehead atoms. The van der Waals surface area contributed by atoms with E-state index in [2.05, 4.69) is 10.2 Å². The molecule has 0 aromatic heterocycles. The molecule has 0 unspecified atom stereocenters. The number of piperidine rings is 1. The van der Waals surface area contributed by atoms with E-state index in [0.717, 1.165) is 18.8 Å². The van der Waals surface area contributed by atoms with Gasteiger partial charge in [0, 0.05) is 24.5 Å². The lowest BCUT2D eigenvalue weighted by Gasteiger charge is -2.28. The summed E-state index contributed by atoms with van der Waals surface area (Å²) in [6.45, 7) is 2.20. The van der Waals surface area contributed by atoms with Gasteiger partial charge < -0.3 is 15.3 Å². The highest BCUT2D eigenvalue weighted by Crippen LogP contribution is 2.23. The molecule has 0 aliphatic carbocycles. The summed E-state index contributed by atoms with van der Waals surface area (Å²) in [4.78, 5) is 14.5. The summed E-state index contributed by atoms with van der Waals surface area (Å²) >= 11 is 0. The van der Waals surface area contributed by atoms with Gasteiger partial charge in [-0.25, -0.2) is 0 Å². The average Bonchev–Trinajstić information content (AvgIpc) is 2.57. The van der Waals surface area contributed by atoms with Crippen LogP contribution in [0.4, 0.5) is 11.4 Å². The number of phenols is 1. The number of carbonyl (C=O) groups excluding carboxylic acids is 1. The minimum absolute atomic E-state index is 0.00932. The van der Waals surface area contributed by atoms with Gasteiger partial charge in [0.2, 0.25) is 0 Å². The van der Waals surface area contributed by atoms with E-state index >= 15 is 0 Å². The molecule has 0 radical (unpaired) electrons. The van der Waals surface area contributed by atoms with Gasteiger partial charge >= 0.3 is 0 Å². The Bertz CT molecular complexity index is 646. The standard InChI is InChI=1S/C18H20N2O2/c21-17-7-3-2-6-16(17)18(22)19-14-8-10-15(11-9-14)20-12-4-1-5-13-20/h2-3,6-11,21H,1,4-5,12-13H2,(H,19,22). The lowest BCUT2D eigenvalue weighted by molar-refractivity contribution is 0.102. The molecule has 22 heavy (non-hydrogen) atoms. The molecule has 4 nitrogen and oxygen atoms in total. The zero-order valence-electron chi connectivity index (χ0n) is 12.5. The number of para-hydroxylation sites is 1. The monoisotopic (exact) mass is 296 g/mol. The van der Waals surface area contributed by atoms with Gasteiger partial charge in [0.05, 0.1) is 5.56 Å². The Kier molecular flexibility index (Phi) is 4.28. The van der Waals surface area contributed by atoms with Crippen LogP contribution < -0.4 is 10.2 Å². The summed E-state index contributed by atoms with van der Waals surface area (Å²) in [5, 5.41) is 12.5. The van der Waals surface area contributed by atoms with E-state index in [1.165, 1.54) is 31.0 Å². The van der Waals surface area contributed by atoms with E-state index in [1.807, 2.05) is 24.3 Å². The first kappa shape index (κ1) is 14.4. The van der Waals surface area contributed by atoms with Gasteiger partial charge in [-0.1, -0.05) is 12.1 Å². The number of carbonyl (C=O) groups is 1. The first-order valence-corrected chi connectivity index (χ1v) is 7.68. The van der Waals surface area contributed by atoms with E-state index in [9.17, 15) is 9.90 Å². The van der Waals surface area contributed by atoms with Crippen molar-refractivity contribution in [1.29, 1.82) is 0 Å². The number of nitrogens with one attached hydrogen (secondary N) is 1.